The highest BCUT2D eigenvalue weighted by Gasteiger charge is 2.32. The highest BCUT2D eigenvalue weighted by Crippen LogP contribution is 2.33. The molecule has 106 valence electrons. The van der Waals surface area contributed by atoms with Crippen LogP contribution in [0.3, 0.4) is 0 Å². The van der Waals surface area contributed by atoms with Crippen LogP contribution in [-0.4, -0.2) is 30.7 Å². The first-order valence-corrected chi connectivity index (χ1v) is 7.62. The Labute approximate surface area is 120 Å². The van der Waals surface area contributed by atoms with Crippen molar-refractivity contribution in [2.75, 3.05) is 24.5 Å². The van der Waals surface area contributed by atoms with Crippen molar-refractivity contribution in [3.05, 3.63) is 23.4 Å². The molecule has 0 unspecified atom stereocenters. The average Bonchev–Trinajstić information content (AvgIpc) is 3.29. The minimum Gasteiger partial charge on any atom is -0.353 e. The summed E-state index contributed by atoms with van der Waals surface area (Å²) in [5.74, 6) is 1.76. The number of hydrogen-bond donors (Lipinski definition) is 1. The molecule has 20 heavy (non-hydrogen) atoms. The quantitative estimate of drug-likeness (QED) is 0.911. The summed E-state index contributed by atoms with van der Waals surface area (Å²) in [5, 5.41) is 12.6. The van der Waals surface area contributed by atoms with Crippen LogP contribution in [0.4, 0.5) is 5.82 Å². The molecule has 1 N–H and O–H groups in total. The molecule has 1 aliphatic carbocycles. The molecule has 4 nitrogen and oxygen atoms in total. The fourth-order valence-electron chi connectivity index (χ4n) is 3.02. The van der Waals surface area contributed by atoms with Crippen LogP contribution >= 0.6 is 0 Å². The average molecular weight is 270 g/mol. The van der Waals surface area contributed by atoms with Gasteiger partial charge in [-0.1, -0.05) is 0 Å². The lowest BCUT2D eigenvalue weighted by atomic mass is 9.97. The number of piperidine rings is 1. The van der Waals surface area contributed by atoms with Crippen LogP contribution in [-0.2, 0) is 0 Å². The van der Waals surface area contributed by atoms with Crippen LogP contribution in [0.25, 0.3) is 0 Å². The Kier molecular flexibility index (Phi) is 3.88. The SMILES string of the molecule is Cc1cc(C#N)cc(N(CC2CCNCC2)C2CC2)n1. The molecule has 0 radical (unpaired) electrons. The third kappa shape index (κ3) is 3.10. The van der Waals surface area contributed by atoms with Gasteiger partial charge >= 0.3 is 0 Å². The molecular weight excluding hydrogens is 248 g/mol. The van der Waals surface area contributed by atoms with E-state index < -0.39 is 0 Å². The predicted molar refractivity (Wildman–Crippen MR) is 79.7 cm³/mol. The molecule has 0 bridgehead atoms. The Hall–Kier alpha value is -1.60. The molecule has 3 rings (SSSR count). The lowest BCUT2D eigenvalue weighted by Gasteiger charge is -2.31. The maximum absolute atomic E-state index is 9.14. The number of hydrogen-bond acceptors (Lipinski definition) is 4. The first-order chi connectivity index (χ1) is 9.76. The number of rotatable bonds is 4. The highest BCUT2D eigenvalue weighted by molar-refractivity contribution is 5.48. The molecule has 0 amide bonds. The summed E-state index contributed by atoms with van der Waals surface area (Å²) in [7, 11) is 0. The summed E-state index contributed by atoms with van der Waals surface area (Å²) in [6.07, 6.45) is 5.03. The molecule has 2 fully saturated rings. The molecule has 2 heterocycles. The molecule has 1 aromatic rings. The summed E-state index contributed by atoms with van der Waals surface area (Å²) in [4.78, 5) is 7.12. The van der Waals surface area contributed by atoms with Crippen molar-refractivity contribution in [1.82, 2.24) is 10.3 Å². The largest absolute Gasteiger partial charge is 0.353 e. The molecule has 0 atom stereocenters. The van der Waals surface area contributed by atoms with Crippen LogP contribution in [0.15, 0.2) is 12.1 Å². The van der Waals surface area contributed by atoms with Crippen molar-refractivity contribution in [3.63, 3.8) is 0 Å². The van der Waals surface area contributed by atoms with Crippen molar-refractivity contribution in [1.29, 1.82) is 5.26 Å². The Balaban J connectivity index is 1.79. The van der Waals surface area contributed by atoms with Crippen molar-refractivity contribution in [3.8, 4) is 6.07 Å². The molecule has 4 heteroatoms. The van der Waals surface area contributed by atoms with Gasteiger partial charge in [0.15, 0.2) is 0 Å². The third-order valence-corrected chi connectivity index (χ3v) is 4.26. The van der Waals surface area contributed by atoms with Crippen LogP contribution in [0.1, 0.15) is 36.9 Å². The zero-order chi connectivity index (χ0) is 13.9. The summed E-state index contributed by atoms with van der Waals surface area (Å²) in [6, 6.07) is 6.70. The zero-order valence-corrected chi connectivity index (χ0v) is 12.1. The number of anilines is 1. The van der Waals surface area contributed by atoms with Gasteiger partial charge in [0.05, 0.1) is 11.6 Å². The maximum Gasteiger partial charge on any atom is 0.130 e. The van der Waals surface area contributed by atoms with Gasteiger partial charge in [0.2, 0.25) is 0 Å². The van der Waals surface area contributed by atoms with Gasteiger partial charge in [-0.25, -0.2) is 4.98 Å². The summed E-state index contributed by atoms with van der Waals surface area (Å²) in [6.45, 7) is 5.33. The van der Waals surface area contributed by atoms with Gasteiger partial charge in [0, 0.05) is 18.3 Å². The number of aromatic nitrogens is 1. The van der Waals surface area contributed by atoms with E-state index in [1.165, 1.54) is 25.7 Å². The monoisotopic (exact) mass is 270 g/mol. The number of nitriles is 1. The second kappa shape index (κ2) is 5.80. The normalized spacial score (nSPS) is 19.6. The van der Waals surface area contributed by atoms with E-state index in [0.29, 0.717) is 6.04 Å². The molecule has 1 saturated carbocycles. The Morgan fingerprint density at radius 2 is 2.05 bits per heavy atom. The van der Waals surface area contributed by atoms with E-state index in [4.69, 9.17) is 5.26 Å². The van der Waals surface area contributed by atoms with Crippen molar-refractivity contribution >= 4 is 5.82 Å². The van der Waals surface area contributed by atoms with Gasteiger partial charge in [-0.2, -0.15) is 5.26 Å². The minimum atomic E-state index is 0.644. The van der Waals surface area contributed by atoms with E-state index in [0.717, 1.165) is 42.6 Å². The maximum atomic E-state index is 9.14. The number of aryl methyl sites for hydroxylation is 1. The van der Waals surface area contributed by atoms with E-state index in [9.17, 15) is 0 Å². The highest BCUT2D eigenvalue weighted by atomic mass is 15.2. The molecular formula is C16H22N4. The van der Waals surface area contributed by atoms with Gasteiger partial charge < -0.3 is 10.2 Å². The minimum absolute atomic E-state index is 0.644. The van der Waals surface area contributed by atoms with Gasteiger partial charge in [-0.3, -0.25) is 0 Å². The van der Waals surface area contributed by atoms with E-state index in [2.05, 4.69) is 21.3 Å². The second-order valence-corrected chi connectivity index (χ2v) is 6.04. The summed E-state index contributed by atoms with van der Waals surface area (Å²) >= 11 is 0. The fourth-order valence-corrected chi connectivity index (χ4v) is 3.02. The van der Waals surface area contributed by atoms with E-state index in [-0.39, 0.29) is 0 Å². The summed E-state index contributed by atoms with van der Waals surface area (Å²) in [5.41, 5.74) is 1.67. The predicted octanol–water partition coefficient (Wildman–Crippen LogP) is 2.23. The molecule has 0 aromatic carbocycles. The number of nitrogens with zero attached hydrogens (tertiary/aromatic N) is 3. The number of nitrogens with one attached hydrogen (secondary N) is 1. The Morgan fingerprint density at radius 3 is 2.70 bits per heavy atom. The molecule has 2 aliphatic rings. The molecule has 0 spiro atoms. The summed E-state index contributed by atoms with van der Waals surface area (Å²) < 4.78 is 0. The smallest absolute Gasteiger partial charge is 0.130 e. The van der Waals surface area contributed by atoms with Crippen molar-refractivity contribution < 1.29 is 0 Å². The van der Waals surface area contributed by atoms with Gasteiger partial charge in [0.1, 0.15) is 5.82 Å². The Bertz CT molecular complexity index is 510. The van der Waals surface area contributed by atoms with E-state index in [1.54, 1.807) is 0 Å². The zero-order valence-electron chi connectivity index (χ0n) is 12.1. The van der Waals surface area contributed by atoms with Crippen molar-refractivity contribution in [2.24, 2.45) is 5.92 Å². The molecule has 1 aliphatic heterocycles. The van der Waals surface area contributed by atoms with E-state index in [1.807, 2.05) is 19.1 Å². The van der Waals surface area contributed by atoms with Crippen LogP contribution < -0.4 is 10.2 Å². The van der Waals surface area contributed by atoms with Crippen LogP contribution in [0.2, 0.25) is 0 Å². The third-order valence-electron chi connectivity index (χ3n) is 4.26. The fraction of sp³-hybridized carbons (Fsp3) is 0.625. The number of pyridine rings is 1. The van der Waals surface area contributed by atoms with E-state index >= 15 is 0 Å². The second-order valence-electron chi connectivity index (χ2n) is 6.04. The molecule has 1 aromatic heterocycles. The standard InChI is InChI=1S/C16H22N4/c1-12-8-14(10-17)9-16(19-12)20(15-2-3-15)11-13-4-6-18-7-5-13/h8-9,13,15,18H,2-7,11H2,1H3. The lowest BCUT2D eigenvalue weighted by Crippen LogP contribution is -2.37. The van der Waals surface area contributed by atoms with Crippen molar-refractivity contribution in [2.45, 2.75) is 38.6 Å². The van der Waals surface area contributed by atoms with Gasteiger partial charge in [-0.05, 0) is 63.7 Å². The molecule has 1 saturated heterocycles. The Morgan fingerprint density at radius 1 is 1.30 bits per heavy atom. The van der Waals surface area contributed by atoms with Gasteiger partial charge in [0.25, 0.3) is 0 Å². The topological polar surface area (TPSA) is 52.0 Å². The lowest BCUT2D eigenvalue weighted by molar-refractivity contribution is 0.372. The van der Waals surface area contributed by atoms with Crippen LogP contribution in [0, 0.1) is 24.2 Å². The first-order valence-electron chi connectivity index (χ1n) is 7.62. The first kappa shape index (κ1) is 13.4. The van der Waals surface area contributed by atoms with Crippen LogP contribution in [0.5, 0.6) is 0 Å². The van der Waals surface area contributed by atoms with Gasteiger partial charge in [-0.15, -0.1) is 0 Å².